The molecule has 1 aliphatic heterocycles. The minimum absolute atomic E-state index is 0.0107. The van der Waals surface area contributed by atoms with E-state index in [4.69, 9.17) is 5.84 Å². The van der Waals surface area contributed by atoms with Crippen molar-refractivity contribution in [2.24, 2.45) is 0 Å². The third-order valence-corrected chi connectivity index (χ3v) is 8.73. The topological polar surface area (TPSA) is 115 Å². The average Bonchev–Trinajstić information content (AvgIpc) is 3.32. The zero-order valence-electron chi connectivity index (χ0n) is 16.1. The fourth-order valence-corrected chi connectivity index (χ4v) is 7.03. The van der Waals surface area contributed by atoms with Crippen molar-refractivity contribution in [3.63, 3.8) is 0 Å². The molecule has 1 unspecified atom stereocenters. The first-order valence-electron chi connectivity index (χ1n) is 9.20. The standard InChI is InChI=1S/C19H20N4O4S3/c1-22(13-7-8-30(26,27)11-13)15(24)10-29-19-21-17-16(18(25)23(19)20)14(9-28-17)12-5-3-2-4-6-12/h2-6,9,13H,7-8,10-11,20H2,1H3. The first-order chi connectivity index (χ1) is 14.3. The number of nitrogens with zero attached hydrogens (tertiary/aromatic N) is 3. The van der Waals surface area contributed by atoms with Gasteiger partial charge in [0.15, 0.2) is 15.0 Å². The van der Waals surface area contributed by atoms with Gasteiger partial charge in [-0.05, 0) is 12.0 Å². The average molecular weight is 465 g/mol. The van der Waals surface area contributed by atoms with Crippen LogP contribution in [0.25, 0.3) is 21.3 Å². The number of fused-ring (bicyclic) bond motifs is 1. The van der Waals surface area contributed by atoms with Gasteiger partial charge in [-0.1, -0.05) is 42.1 Å². The molecule has 0 saturated carbocycles. The van der Waals surface area contributed by atoms with Crippen molar-refractivity contribution in [2.75, 3.05) is 30.1 Å². The first-order valence-corrected chi connectivity index (χ1v) is 12.9. The predicted molar refractivity (Wildman–Crippen MR) is 120 cm³/mol. The number of hydrogen-bond donors (Lipinski definition) is 1. The van der Waals surface area contributed by atoms with Crippen LogP contribution in [-0.2, 0) is 14.6 Å². The van der Waals surface area contributed by atoms with Gasteiger partial charge in [0.05, 0.1) is 22.6 Å². The molecule has 4 rings (SSSR count). The second-order valence-electron chi connectivity index (χ2n) is 7.12. The lowest BCUT2D eigenvalue weighted by Crippen LogP contribution is -2.39. The molecule has 0 aliphatic carbocycles. The van der Waals surface area contributed by atoms with E-state index in [1.807, 2.05) is 35.7 Å². The second kappa shape index (κ2) is 8.05. The van der Waals surface area contributed by atoms with Gasteiger partial charge in [-0.15, -0.1) is 11.3 Å². The largest absolute Gasteiger partial charge is 0.341 e. The van der Waals surface area contributed by atoms with Crippen molar-refractivity contribution in [3.05, 3.63) is 46.1 Å². The van der Waals surface area contributed by atoms with Crippen LogP contribution >= 0.6 is 23.1 Å². The van der Waals surface area contributed by atoms with Crippen molar-refractivity contribution in [1.82, 2.24) is 14.6 Å². The molecular formula is C19H20N4O4S3. The summed E-state index contributed by atoms with van der Waals surface area (Å²) in [5.74, 6) is 5.87. The maximum atomic E-state index is 12.9. The number of amides is 1. The summed E-state index contributed by atoms with van der Waals surface area (Å²) in [6, 6.07) is 9.22. The lowest BCUT2D eigenvalue weighted by Gasteiger charge is -2.23. The third-order valence-electron chi connectivity index (χ3n) is 5.17. The van der Waals surface area contributed by atoms with Crippen LogP contribution in [0.2, 0.25) is 0 Å². The number of carbonyl (C=O) groups excluding carboxylic acids is 1. The summed E-state index contributed by atoms with van der Waals surface area (Å²) in [6.07, 6.45) is 0.443. The number of nitrogen functional groups attached to an aromatic ring is 1. The van der Waals surface area contributed by atoms with Gasteiger partial charge in [0.25, 0.3) is 5.56 Å². The smallest absolute Gasteiger partial charge is 0.282 e. The minimum atomic E-state index is -3.08. The summed E-state index contributed by atoms with van der Waals surface area (Å²) in [5.41, 5.74) is 1.32. The lowest BCUT2D eigenvalue weighted by molar-refractivity contribution is -0.128. The van der Waals surface area contributed by atoms with Crippen LogP contribution in [-0.4, -0.2) is 59.2 Å². The number of carbonyl (C=O) groups is 1. The van der Waals surface area contributed by atoms with Gasteiger partial charge in [-0.2, -0.15) is 0 Å². The van der Waals surface area contributed by atoms with E-state index in [1.54, 1.807) is 7.05 Å². The van der Waals surface area contributed by atoms with E-state index in [1.165, 1.54) is 16.2 Å². The molecule has 1 aromatic carbocycles. The fourth-order valence-electron chi connectivity index (χ4n) is 3.43. The summed E-state index contributed by atoms with van der Waals surface area (Å²) < 4.78 is 24.3. The molecule has 3 aromatic rings. The second-order valence-corrected chi connectivity index (χ2v) is 11.1. The van der Waals surface area contributed by atoms with Gasteiger partial charge >= 0.3 is 0 Å². The molecule has 2 aromatic heterocycles. The number of sulfone groups is 1. The van der Waals surface area contributed by atoms with Crippen molar-refractivity contribution in [2.45, 2.75) is 17.6 Å². The SMILES string of the molecule is CN(C(=O)CSc1nc2scc(-c3ccccc3)c2c(=O)n1N)C1CCS(=O)(=O)C1. The van der Waals surface area contributed by atoms with E-state index in [0.29, 0.717) is 16.6 Å². The maximum absolute atomic E-state index is 12.9. The molecule has 0 spiro atoms. The van der Waals surface area contributed by atoms with Gasteiger partial charge in [0.1, 0.15) is 4.83 Å². The number of benzene rings is 1. The molecule has 158 valence electrons. The number of rotatable bonds is 5. The Kier molecular flexibility index (Phi) is 5.60. The zero-order valence-corrected chi connectivity index (χ0v) is 18.6. The van der Waals surface area contributed by atoms with E-state index in [-0.39, 0.29) is 39.9 Å². The highest BCUT2D eigenvalue weighted by Crippen LogP contribution is 2.31. The third kappa shape index (κ3) is 3.96. The number of thiophene rings is 1. The van der Waals surface area contributed by atoms with Crippen LogP contribution in [0.1, 0.15) is 6.42 Å². The predicted octanol–water partition coefficient (Wildman–Crippen LogP) is 1.58. The van der Waals surface area contributed by atoms with Gasteiger partial charge < -0.3 is 10.7 Å². The molecule has 2 N–H and O–H groups in total. The van der Waals surface area contributed by atoms with Crippen LogP contribution in [0.15, 0.2) is 45.7 Å². The van der Waals surface area contributed by atoms with Crippen LogP contribution in [0.5, 0.6) is 0 Å². The van der Waals surface area contributed by atoms with Crippen molar-refractivity contribution < 1.29 is 13.2 Å². The molecule has 11 heteroatoms. The minimum Gasteiger partial charge on any atom is -0.341 e. The van der Waals surface area contributed by atoms with Crippen molar-refractivity contribution >= 4 is 49.1 Å². The number of aromatic nitrogens is 2. The molecule has 0 bridgehead atoms. The van der Waals surface area contributed by atoms with E-state index >= 15 is 0 Å². The van der Waals surface area contributed by atoms with Crippen LogP contribution < -0.4 is 11.4 Å². The Bertz CT molecular complexity index is 1270. The summed E-state index contributed by atoms with van der Waals surface area (Å²) in [4.78, 5) is 31.9. The van der Waals surface area contributed by atoms with Crippen LogP contribution in [0.3, 0.4) is 0 Å². The molecule has 30 heavy (non-hydrogen) atoms. The number of thioether (sulfide) groups is 1. The zero-order chi connectivity index (χ0) is 21.5. The van der Waals surface area contributed by atoms with E-state index in [2.05, 4.69) is 4.98 Å². The Morgan fingerprint density at radius 2 is 2.10 bits per heavy atom. The summed E-state index contributed by atoms with van der Waals surface area (Å²) in [7, 11) is -1.47. The Balaban J connectivity index is 1.55. The highest BCUT2D eigenvalue weighted by molar-refractivity contribution is 7.99. The number of nitrogens with two attached hydrogens (primary N) is 1. The molecular weight excluding hydrogens is 444 g/mol. The quantitative estimate of drug-likeness (QED) is 0.346. The van der Waals surface area contributed by atoms with Gasteiger partial charge in [-0.3, -0.25) is 9.59 Å². The molecule has 1 amide bonds. The lowest BCUT2D eigenvalue weighted by atomic mass is 10.1. The highest BCUT2D eigenvalue weighted by atomic mass is 32.2. The van der Waals surface area contributed by atoms with Crippen LogP contribution in [0.4, 0.5) is 0 Å². The van der Waals surface area contributed by atoms with E-state index in [9.17, 15) is 18.0 Å². The highest BCUT2D eigenvalue weighted by Gasteiger charge is 2.32. The van der Waals surface area contributed by atoms with Crippen molar-refractivity contribution in [1.29, 1.82) is 0 Å². The summed E-state index contributed by atoms with van der Waals surface area (Å²) >= 11 is 2.42. The van der Waals surface area contributed by atoms with E-state index < -0.39 is 9.84 Å². The van der Waals surface area contributed by atoms with E-state index in [0.717, 1.165) is 27.6 Å². The van der Waals surface area contributed by atoms with Crippen molar-refractivity contribution in [3.8, 4) is 11.1 Å². The fraction of sp³-hybridized carbons (Fsp3) is 0.316. The molecule has 1 aliphatic rings. The maximum Gasteiger partial charge on any atom is 0.282 e. The molecule has 3 heterocycles. The molecule has 1 fully saturated rings. The number of hydrogen-bond acceptors (Lipinski definition) is 8. The monoisotopic (exact) mass is 464 g/mol. The summed E-state index contributed by atoms with van der Waals surface area (Å²) in [5, 5.41) is 2.58. The molecule has 1 atom stereocenters. The van der Waals surface area contributed by atoms with Gasteiger partial charge in [0.2, 0.25) is 5.91 Å². The Labute approximate surface area is 181 Å². The Morgan fingerprint density at radius 3 is 2.77 bits per heavy atom. The molecule has 1 saturated heterocycles. The Morgan fingerprint density at radius 1 is 1.37 bits per heavy atom. The molecule has 0 radical (unpaired) electrons. The van der Waals surface area contributed by atoms with Crippen LogP contribution in [0, 0.1) is 0 Å². The Hall–Kier alpha value is -2.37. The van der Waals surface area contributed by atoms with Gasteiger partial charge in [0, 0.05) is 24.0 Å². The normalized spacial score (nSPS) is 18.0. The van der Waals surface area contributed by atoms with Gasteiger partial charge in [-0.25, -0.2) is 18.1 Å². The first kappa shape index (κ1) is 20.9. The molecule has 8 nitrogen and oxygen atoms in total. The summed E-state index contributed by atoms with van der Waals surface area (Å²) in [6.45, 7) is 0.